The molecule has 0 aliphatic carbocycles. The van der Waals surface area contributed by atoms with Crippen molar-refractivity contribution in [3.63, 3.8) is 0 Å². The van der Waals surface area contributed by atoms with Crippen molar-refractivity contribution in [1.29, 1.82) is 0 Å². The van der Waals surface area contributed by atoms with Gasteiger partial charge in [-0.05, 0) is 11.6 Å². The van der Waals surface area contributed by atoms with Crippen LogP contribution in [0.25, 0.3) is 22.3 Å². The van der Waals surface area contributed by atoms with Gasteiger partial charge in [0, 0.05) is 50.7 Å². The second kappa shape index (κ2) is 7.42. The quantitative estimate of drug-likeness (QED) is 0.707. The van der Waals surface area contributed by atoms with Gasteiger partial charge in [0.25, 0.3) is 0 Å². The number of benzene rings is 1. The Morgan fingerprint density at radius 3 is 2.39 bits per heavy atom. The Hall–Kier alpha value is -2.62. The number of hydrogen-bond acceptors (Lipinski definition) is 7. The summed E-state index contributed by atoms with van der Waals surface area (Å²) in [4.78, 5) is 15.2. The van der Waals surface area contributed by atoms with Gasteiger partial charge in [-0.25, -0.2) is 18.4 Å². The normalized spacial score (nSPS) is 16.5. The minimum Gasteiger partial charge on any atom is -0.382 e. The van der Waals surface area contributed by atoms with E-state index >= 15 is 0 Å². The molecule has 0 radical (unpaired) electrons. The van der Waals surface area contributed by atoms with Crippen LogP contribution in [0.15, 0.2) is 42.7 Å². The molecule has 146 valence electrons. The van der Waals surface area contributed by atoms with Crippen molar-refractivity contribution < 1.29 is 8.42 Å². The molecule has 0 atom stereocenters. The van der Waals surface area contributed by atoms with Crippen LogP contribution in [0, 0.1) is 0 Å². The lowest BCUT2D eigenvalue weighted by atomic mass is 10.1. The third-order valence-electron chi connectivity index (χ3n) is 4.94. The summed E-state index contributed by atoms with van der Waals surface area (Å²) in [5, 5.41) is 0. The Morgan fingerprint density at radius 2 is 1.71 bits per heavy atom. The van der Waals surface area contributed by atoms with Crippen LogP contribution in [0.2, 0.25) is 0 Å². The molecule has 0 spiro atoms. The third-order valence-corrected chi connectivity index (χ3v) is 6.24. The van der Waals surface area contributed by atoms with Gasteiger partial charge in [-0.15, -0.1) is 0 Å². The summed E-state index contributed by atoms with van der Waals surface area (Å²) in [6.45, 7) is 3.33. The van der Waals surface area contributed by atoms with E-state index in [2.05, 4.69) is 32.0 Å². The summed E-state index contributed by atoms with van der Waals surface area (Å²) in [6, 6.07) is 10.1. The number of piperazine rings is 1. The van der Waals surface area contributed by atoms with E-state index in [4.69, 9.17) is 5.73 Å². The maximum absolute atomic E-state index is 11.6. The zero-order valence-corrected chi connectivity index (χ0v) is 16.4. The SMILES string of the molecule is CS(=O)(=O)N1CCN(Cc2ccc(-c3cc4nccnc4c(N)n3)cc2)CC1. The molecule has 3 heterocycles. The summed E-state index contributed by atoms with van der Waals surface area (Å²) in [7, 11) is -3.10. The molecule has 8 nitrogen and oxygen atoms in total. The average molecular weight is 398 g/mol. The molecule has 0 bridgehead atoms. The first-order valence-corrected chi connectivity index (χ1v) is 10.9. The predicted octanol–water partition coefficient (Wildman–Crippen LogP) is 1.35. The first-order valence-electron chi connectivity index (χ1n) is 9.04. The molecule has 0 saturated carbocycles. The van der Waals surface area contributed by atoms with E-state index in [0.29, 0.717) is 24.4 Å². The van der Waals surface area contributed by atoms with E-state index in [-0.39, 0.29) is 0 Å². The molecule has 1 fully saturated rings. The Bertz CT molecular complexity index is 1090. The largest absolute Gasteiger partial charge is 0.382 e. The van der Waals surface area contributed by atoms with Crippen LogP contribution in [0.5, 0.6) is 0 Å². The second-order valence-electron chi connectivity index (χ2n) is 6.95. The van der Waals surface area contributed by atoms with Gasteiger partial charge in [0.15, 0.2) is 5.82 Å². The van der Waals surface area contributed by atoms with Crippen LogP contribution >= 0.6 is 0 Å². The molecular formula is C19H22N6O2S. The predicted molar refractivity (Wildman–Crippen MR) is 109 cm³/mol. The van der Waals surface area contributed by atoms with Crippen molar-refractivity contribution in [2.75, 3.05) is 38.2 Å². The van der Waals surface area contributed by atoms with Crippen LogP contribution in [-0.2, 0) is 16.6 Å². The van der Waals surface area contributed by atoms with E-state index in [9.17, 15) is 8.42 Å². The molecule has 4 rings (SSSR count). The molecule has 2 N–H and O–H groups in total. The molecule has 0 amide bonds. The molecule has 1 aliphatic rings. The highest BCUT2D eigenvalue weighted by Crippen LogP contribution is 2.24. The number of fused-ring (bicyclic) bond motifs is 1. The molecule has 0 unspecified atom stereocenters. The minimum atomic E-state index is -3.10. The van der Waals surface area contributed by atoms with Crippen LogP contribution < -0.4 is 5.73 Å². The maximum Gasteiger partial charge on any atom is 0.211 e. The lowest BCUT2D eigenvalue weighted by Crippen LogP contribution is -2.47. The fourth-order valence-electron chi connectivity index (χ4n) is 3.40. The van der Waals surface area contributed by atoms with Crippen molar-refractivity contribution in [3.05, 3.63) is 48.3 Å². The topological polar surface area (TPSA) is 105 Å². The smallest absolute Gasteiger partial charge is 0.211 e. The van der Waals surface area contributed by atoms with Gasteiger partial charge in [-0.1, -0.05) is 24.3 Å². The fraction of sp³-hybridized carbons (Fsp3) is 0.316. The average Bonchev–Trinajstić information content (AvgIpc) is 2.68. The molecule has 1 saturated heterocycles. The Labute approximate surface area is 164 Å². The maximum atomic E-state index is 11.6. The number of pyridine rings is 1. The number of nitrogens with zero attached hydrogens (tertiary/aromatic N) is 5. The number of rotatable bonds is 4. The van der Waals surface area contributed by atoms with Gasteiger partial charge in [-0.2, -0.15) is 4.31 Å². The number of sulfonamides is 1. The van der Waals surface area contributed by atoms with Gasteiger partial charge in [0.1, 0.15) is 5.52 Å². The number of hydrogen-bond donors (Lipinski definition) is 1. The summed E-state index contributed by atoms with van der Waals surface area (Å²) in [5.41, 5.74) is 10.2. The summed E-state index contributed by atoms with van der Waals surface area (Å²) < 4.78 is 24.8. The van der Waals surface area contributed by atoms with Gasteiger partial charge in [-0.3, -0.25) is 9.88 Å². The highest BCUT2D eigenvalue weighted by Gasteiger charge is 2.23. The van der Waals surface area contributed by atoms with Crippen molar-refractivity contribution in [2.45, 2.75) is 6.54 Å². The minimum absolute atomic E-state index is 0.369. The van der Waals surface area contributed by atoms with Crippen LogP contribution in [0.3, 0.4) is 0 Å². The Kier molecular flexibility index (Phi) is 4.96. The van der Waals surface area contributed by atoms with E-state index in [0.717, 1.165) is 36.4 Å². The molecule has 3 aromatic rings. The molecule has 28 heavy (non-hydrogen) atoms. The van der Waals surface area contributed by atoms with Gasteiger partial charge in [0.05, 0.1) is 17.5 Å². The van der Waals surface area contributed by atoms with E-state index in [1.165, 1.54) is 16.1 Å². The molecular weight excluding hydrogens is 376 g/mol. The zero-order valence-electron chi connectivity index (χ0n) is 15.6. The zero-order chi connectivity index (χ0) is 19.7. The van der Waals surface area contributed by atoms with Crippen molar-refractivity contribution in [1.82, 2.24) is 24.2 Å². The number of anilines is 1. The molecule has 1 aliphatic heterocycles. The van der Waals surface area contributed by atoms with E-state index in [1.54, 1.807) is 12.4 Å². The van der Waals surface area contributed by atoms with Crippen LogP contribution in [0.1, 0.15) is 5.56 Å². The van der Waals surface area contributed by atoms with Crippen LogP contribution in [0.4, 0.5) is 5.82 Å². The van der Waals surface area contributed by atoms with Gasteiger partial charge < -0.3 is 5.73 Å². The summed E-state index contributed by atoms with van der Waals surface area (Å²) >= 11 is 0. The number of nitrogen functional groups attached to an aromatic ring is 1. The van der Waals surface area contributed by atoms with Crippen molar-refractivity contribution >= 4 is 26.9 Å². The highest BCUT2D eigenvalue weighted by atomic mass is 32.2. The highest BCUT2D eigenvalue weighted by molar-refractivity contribution is 7.88. The van der Waals surface area contributed by atoms with E-state index in [1.807, 2.05) is 18.2 Å². The van der Waals surface area contributed by atoms with E-state index < -0.39 is 10.0 Å². The van der Waals surface area contributed by atoms with Crippen molar-refractivity contribution in [2.24, 2.45) is 0 Å². The fourth-order valence-corrected chi connectivity index (χ4v) is 4.23. The third kappa shape index (κ3) is 3.96. The monoisotopic (exact) mass is 398 g/mol. The Balaban J connectivity index is 1.46. The van der Waals surface area contributed by atoms with Crippen molar-refractivity contribution in [3.8, 4) is 11.3 Å². The first-order chi connectivity index (χ1) is 13.4. The lowest BCUT2D eigenvalue weighted by molar-refractivity contribution is 0.182. The van der Waals surface area contributed by atoms with Gasteiger partial charge in [0.2, 0.25) is 10.0 Å². The molecule has 1 aromatic carbocycles. The number of nitrogens with two attached hydrogens (primary N) is 1. The molecule has 2 aromatic heterocycles. The second-order valence-corrected chi connectivity index (χ2v) is 8.93. The summed E-state index contributed by atoms with van der Waals surface area (Å²) in [5.74, 6) is 0.369. The summed E-state index contributed by atoms with van der Waals surface area (Å²) in [6.07, 6.45) is 4.50. The lowest BCUT2D eigenvalue weighted by Gasteiger charge is -2.33. The molecule has 9 heteroatoms. The standard InChI is InChI=1S/C19H22N6O2S/c1-28(26,27)25-10-8-24(9-11-25)13-14-2-4-15(5-3-14)16-12-17-18(19(20)23-16)22-7-6-21-17/h2-7,12H,8-11,13H2,1H3,(H2,20,23). The first kappa shape index (κ1) is 18.7. The number of aromatic nitrogens is 3. The Morgan fingerprint density at radius 1 is 1.04 bits per heavy atom. The van der Waals surface area contributed by atoms with Crippen LogP contribution in [-0.4, -0.2) is 65.0 Å². The van der Waals surface area contributed by atoms with Gasteiger partial charge >= 0.3 is 0 Å².